The Bertz CT molecular complexity index is 1150. The molecule has 0 fully saturated rings. The predicted octanol–water partition coefficient (Wildman–Crippen LogP) is 3.93. The summed E-state index contributed by atoms with van der Waals surface area (Å²) in [7, 11) is 0. The van der Waals surface area contributed by atoms with E-state index in [1.165, 1.54) is 0 Å². The molecule has 2 N–H and O–H groups in total. The molecule has 0 saturated heterocycles. The van der Waals surface area contributed by atoms with Gasteiger partial charge in [0.05, 0.1) is 23.1 Å². The first-order valence-corrected chi connectivity index (χ1v) is 8.71. The van der Waals surface area contributed by atoms with Crippen LogP contribution in [0.3, 0.4) is 0 Å². The van der Waals surface area contributed by atoms with Gasteiger partial charge in [-0.2, -0.15) is 0 Å². The molecule has 5 heteroatoms. The Kier molecular flexibility index (Phi) is 4.44. The number of aliphatic hydroxyl groups excluding tert-OH is 1. The highest BCUT2D eigenvalue weighted by Crippen LogP contribution is 2.28. The van der Waals surface area contributed by atoms with Crippen LogP contribution in [-0.2, 0) is 6.61 Å². The molecule has 5 nitrogen and oxygen atoms in total. The first-order valence-electron chi connectivity index (χ1n) is 8.71. The zero-order chi connectivity index (χ0) is 18.8. The highest BCUT2D eigenvalue weighted by Gasteiger charge is 2.18. The fourth-order valence-corrected chi connectivity index (χ4v) is 3.21. The molecule has 0 amide bonds. The van der Waals surface area contributed by atoms with Gasteiger partial charge in [-0.25, -0.2) is 0 Å². The van der Waals surface area contributed by atoms with Crippen LogP contribution in [0.1, 0.15) is 11.3 Å². The van der Waals surface area contributed by atoms with E-state index in [4.69, 9.17) is 0 Å². The van der Waals surface area contributed by atoms with Gasteiger partial charge in [0.25, 0.3) is 0 Å². The van der Waals surface area contributed by atoms with Crippen molar-refractivity contribution in [2.75, 3.05) is 5.32 Å². The molecule has 2 heterocycles. The van der Waals surface area contributed by atoms with Gasteiger partial charge in [0.1, 0.15) is 5.82 Å². The Hall–Kier alpha value is -3.44. The van der Waals surface area contributed by atoms with Gasteiger partial charge in [-0.3, -0.25) is 14.3 Å². The van der Waals surface area contributed by atoms with Crippen molar-refractivity contribution in [3.8, 4) is 5.69 Å². The van der Waals surface area contributed by atoms with E-state index in [1.807, 2.05) is 78.2 Å². The summed E-state index contributed by atoms with van der Waals surface area (Å²) in [5, 5.41) is 13.8. The van der Waals surface area contributed by atoms with E-state index in [2.05, 4.69) is 10.3 Å². The van der Waals surface area contributed by atoms with Gasteiger partial charge in [-0.15, -0.1) is 0 Å². The van der Waals surface area contributed by atoms with Crippen LogP contribution < -0.4 is 10.7 Å². The van der Waals surface area contributed by atoms with Gasteiger partial charge in [0, 0.05) is 23.3 Å². The maximum absolute atomic E-state index is 13.0. The Labute approximate surface area is 156 Å². The van der Waals surface area contributed by atoms with Crippen LogP contribution in [0.2, 0.25) is 0 Å². The molecule has 2 aromatic carbocycles. The zero-order valence-electron chi connectivity index (χ0n) is 14.9. The normalized spacial score (nSPS) is 10.9. The highest BCUT2D eigenvalue weighted by atomic mass is 16.3. The summed E-state index contributed by atoms with van der Waals surface area (Å²) in [6.45, 7) is 1.52. The molecule has 0 aliphatic rings. The largest absolute Gasteiger partial charge is 0.391 e. The summed E-state index contributed by atoms with van der Waals surface area (Å²) in [5.74, 6) is 0.554. The molecular weight excluding hydrogens is 338 g/mol. The molecule has 0 spiro atoms. The van der Waals surface area contributed by atoms with Crippen LogP contribution in [0.4, 0.5) is 11.5 Å². The molecule has 0 saturated carbocycles. The number of aryl methyl sites for hydroxylation is 1. The Morgan fingerprint density at radius 2 is 1.70 bits per heavy atom. The van der Waals surface area contributed by atoms with Crippen molar-refractivity contribution in [1.82, 2.24) is 9.55 Å². The molecule has 0 aliphatic carbocycles. The number of rotatable bonds is 4. The van der Waals surface area contributed by atoms with E-state index < -0.39 is 0 Å². The van der Waals surface area contributed by atoms with Crippen molar-refractivity contribution in [2.24, 2.45) is 0 Å². The van der Waals surface area contributed by atoms with Gasteiger partial charge >= 0.3 is 0 Å². The van der Waals surface area contributed by atoms with Crippen molar-refractivity contribution in [3.05, 3.63) is 94.4 Å². The van der Waals surface area contributed by atoms with Crippen LogP contribution >= 0.6 is 0 Å². The maximum atomic E-state index is 13.0. The number of anilines is 2. The van der Waals surface area contributed by atoms with E-state index in [1.54, 1.807) is 6.20 Å². The third kappa shape index (κ3) is 3.09. The van der Waals surface area contributed by atoms with Crippen molar-refractivity contribution in [1.29, 1.82) is 0 Å². The molecule has 0 aliphatic heterocycles. The molecule has 134 valence electrons. The maximum Gasteiger partial charge on any atom is 0.198 e. The molecule has 0 bridgehead atoms. The second kappa shape index (κ2) is 7.05. The van der Waals surface area contributed by atoms with Crippen LogP contribution in [0.25, 0.3) is 16.6 Å². The summed E-state index contributed by atoms with van der Waals surface area (Å²) in [6, 6.07) is 21.3. The number of nitrogens with zero attached hydrogens (tertiary/aromatic N) is 2. The Morgan fingerprint density at radius 3 is 2.37 bits per heavy atom. The molecular formula is C22H19N3O2. The number of aromatic nitrogens is 2. The first kappa shape index (κ1) is 17.0. The zero-order valence-corrected chi connectivity index (χ0v) is 14.9. The molecule has 4 aromatic rings. The number of para-hydroxylation sites is 2. The quantitative estimate of drug-likeness (QED) is 0.581. The van der Waals surface area contributed by atoms with Gasteiger partial charge in [0.2, 0.25) is 0 Å². The minimum Gasteiger partial charge on any atom is -0.391 e. The van der Waals surface area contributed by atoms with Gasteiger partial charge in [-0.1, -0.05) is 36.4 Å². The minimum atomic E-state index is -0.370. The van der Waals surface area contributed by atoms with Crippen LogP contribution in [-0.4, -0.2) is 14.7 Å². The number of nitrogens with one attached hydrogen (secondary N) is 1. The monoisotopic (exact) mass is 357 g/mol. The SMILES string of the molecule is Cc1cc2c(cn1)c(=O)c(CO)c(Nc1ccccc1)n2-c1ccccc1. The number of hydrogen-bond acceptors (Lipinski definition) is 4. The lowest BCUT2D eigenvalue weighted by Crippen LogP contribution is -2.19. The lowest BCUT2D eigenvalue weighted by atomic mass is 10.1. The van der Waals surface area contributed by atoms with Crippen molar-refractivity contribution in [2.45, 2.75) is 13.5 Å². The van der Waals surface area contributed by atoms with E-state index >= 15 is 0 Å². The van der Waals surface area contributed by atoms with E-state index in [0.717, 1.165) is 22.6 Å². The first-order chi connectivity index (χ1) is 13.2. The number of aliphatic hydroxyl groups is 1. The van der Waals surface area contributed by atoms with Crippen molar-refractivity contribution >= 4 is 22.4 Å². The molecule has 4 rings (SSSR count). The third-order valence-corrected chi connectivity index (χ3v) is 4.50. The standard InChI is InChI=1S/C22H19N3O2/c1-15-12-20-18(13-23-15)21(27)19(14-26)22(24-16-8-4-2-5-9-16)25(20)17-10-6-3-7-11-17/h2-13,24,26H,14H2,1H3. The average molecular weight is 357 g/mol. The third-order valence-electron chi connectivity index (χ3n) is 4.50. The molecule has 0 radical (unpaired) electrons. The number of fused-ring (bicyclic) bond motifs is 1. The highest BCUT2D eigenvalue weighted by molar-refractivity contribution is 5.85. The predicted molar refractivity (Wildman–Crippen MR) is 108 cm³/mol. The van der Waals surface area contributed by atoms with Gasteiger partial charge in [0.15, 0.2) is 5.43 Å². The lowest BCUT2D eigenvalue weighted by molar-refractivity contribution is 0.281. The number of benzene rings is 2. The average Bonchev–Trinajstić information content (AvgIpc) is 2.70. The van der Waals surface area contributed by atoms with Gasteiger partial charge in [-0.05, 0) is 37.3 Å². The minimum absolute atomic E-state index is 0.217. The molecule has 27 heavy (non-hydrogen) atoms. The Balaban J connectivity index is 2.11. The van der Waals surface area contributed by atoms with Crippen LogP contribution in [0, 0.1) is 6.92 Å². The smallest absolute Gasteiger partial charge is 0.198 e. The second-order valence-corrected chi connectivity index (χ2v) is 6.32. The number of pyridine rings is 2. The summed E-state index contributed by atoms with van der Waals surface area (Å²) in [6.07, 6.45) is 1.58. The Morgan fingerprint density at radius 1 is 1.04 bits per heavy atom. The van der Waals surface area contributed by atoms with Crippen molar-refractivity contribution in [3.63, 3.8) is 0 Å². The van der Waals surface area contributed by atoms with E-state index in [0.29, 0.717) is 16.8 Å². The topological polar surface area (TPSA) is 67.2 Å². The van der Waals surface area contributed by atoms with E-state index in [9.17, 15) is 9.90 Å². The van der Waals surface area contributed by atoms with E-state index in [-0.39, 0.29) is 12.0 Å². The summed E-state index contributed by atoms with van der Waals surface area (Å²) < 4.78 is 1.96. The lowest BCUT2D eigenvalue weighted by Gasteiger charge is -2.21. The summed E-state index contributed by atoms with van der Waals surface area (Å²) in [5.41, 5.74) is 3.37. The summed E-state index contributed by atoms with van der Waals surface area (Å²) in [4.78, 5) is 17.3. The van der Waals surface area contributed by atoms with Crippen molar-refractivity contribution < 1.29 is 5.11 Å². The second-order valence-electron chi connectivity index (χ2n) is 6.32. The molecule has 0 atom stereocenters. The summed E-state index contributed by atoms with van der Waals surface area (Å²) >= 11 is 0. The van der Waals surface area contributed by atoms with Gasteiger partial charge < -0.3 is 10.4 Å². The fraction of sp³-hybridized carbons (Fsp3) is 0.0909. The van der Waals surface area contributed by atoms with Crippen LogP contribution in [0.15, 0.2) is 77.7 Å². The molecule has 0 unspecified atom stereocenters. The van der Waals surface area contributed by atoms with Crippen LogP contribution in [0.5, 0.6) is 0 Å². The number of hydrogen-bond donors (Lipinski definition) is 2. The molecule has 2 aromatic heterocycles. The fourth-order valence-electron chi connectivity index (χ4n) is 3.21.